The zero-order valence-electron chi connectivity index (χ0n) is 12.7. The minimum Gasteiger partial charge on any atom is -0.352 e. The fourth-order valence-electron chi connectivity index (χ4n) is 2.71. The molecule has 1 aliphatic carbocycles. The van der Waals surface area contributed by atoms with Crippen LogP contribution in [0.2, 0.25) is 0 Å². The summed E-state index contributed by atoms with van der Waals surface area (Å²) in [6.45, 7) is 9.00. The van der Waals surface area contributed by atoms with Gasteiger partial charge < -0.3 is 15.5 Å². The molecule has 0 radical (unpaired) electrons. The lowest BCUT2D eigenvalue weighted by atomic mass is 9.95. The Morgan fingerprint density at radius 2 is 1.89 bits per heavy atom. The van der Waals surface area contributed by atoms with Crippen molar-refractivity contribution < 1.29 is 4.79 Å². The molecule has 0 aromatic carbocycles. The van der Waals surface area contributed by atoms with Crippen molar-refractivity contribution >= 4 is 5.91 Å². The maximum atomic E-state index is 11.8. The van der Waals surface area contributed by atoms with Gasteiger partial charge in [0.15, 0.2) is 0 Å². The number of carbonyl (C=O) groups excluding carboxylic acids is 1. The maximum absolute atomic E-state index is 11.8. The molecule has 1 fully saturated rings. The van der Waals surface area contributed by atoms with Crippen molar-refractivity contribution in [2.45, 2.75) is 58.4 Å². The third-order valence-corrected chi connectivity index (χ3v) is 3.85. The topological polar surface area (TPSA) is 44.4 Å². The number of likely N-dealkylation sites (N-methyl/N-ethyl adjacent to an activating group) is 1. The van der Waals surface area contributed by atoms with Crippen LogP contribution in [0, 0.1) is 0 Å². The largest absolute Gasteiger partial charge is 0.352 e. The van der Waals surface area contributed by atoms with Gasteiger partial charge in [0, 0.05) is 19.1 Å². The van der Waals surface area contributed by atoms with Gasteiger partial charge in [-0.3, -0.25) is 4.79 Å². The lowest BCUT2D eigenvalue weighted by molar-refractivity contribution is -0.121. The van der Waals surface area contributed by atoms with Crippen molar-refractivity contribution in [3.05, 3.63) is 0 Å². The zero-order chi connectivity index (χ0) is 13.9. The van der Waals surface area contributed by atoms with E-state index in [0.29, 0.717) is 12.6 Å². The molecule has 0 aliphatic heterocycles. The van der Waals surface area contributed by atoms with Crippen molar-refractivity contribution in [2.75, 3.05) is 32.7 Å². The van der Waals surface area contributed by atoms with Gasteiger partial charge in [0.05, 0.1) is 6.54 Å². The first kappa shape index (κ1) is 16.4. The first-order valence-corrected chi connectivity index (χ1v) is 7.98. The summed E-state index contributed by atoms with van der Waals surface area (Å²) in [5.74, 6) is 0.158. The summed E-state index contributed by atoms with van der Waals surface area (Å²) >= 11 is 0. The van der Waals surface area contributed by atoms with Crippen LogP contribution in [0.1, 0.15) is 52.4 Å². The average molecular weight is 269 g/mol. The van der Waals surface area contributed by atoms with Crippen LogP contribution in [0.3, 0.4) is 0 Å². The number of nitrogens with zero attached hydrogens (tertiary/aromatic N) is 1. The van der Waals surface area contributed by atoms with E-state index in [2.05, 4.69) is 29.4 Å². The van der Waals surface area contributed by atoms with E-state index in [1.165, 1.54) is 25.7 Å². The van der Waals surface area contributed by atoms with Crippen LogP contribution in [0.15, 0.2) is 0 Å². The fraction of sp³-hybridized carbons (Fsp3) is 0.933. The Morgan fingerprint density at radius 1 is 1.16 bits per heavy atom. The second kappa shape index (κ2) is 10.2. The van der Waals surface area contributed by atoms with E-state index in [0.717, 1.165) is 39.0 Å². The Kier molecular flexibility index (Phi) is 8.84. The van der Waals surface area contributed by atoms with E-state index in [4.69, 9.17) is 0 Å². The molecule has 1 saturated carbocycles. The second-order valence-corrected chi connectivity index (χ2v) is 5.51. The van der Waals surface area contributed by atoms with Gasteiger partial charge in [-0.05, 0) is 32.4 Å². The summed E-state index contributed by atoms with van der Waals surface area (Å²) in [5.41, 5.74) is 0. The summed E-state index contributed by atoms with van der Waals surface area (Å²) < 4.78 is 0. The zero-order valence-corrected chi connectivity index (χ0v) is 12.7. The van der Waals surface area contributed by atoms with Crippen LogP contribution in [0.5, 0.6) is 0 Å². The molecule has 0 aromatic heterocycles. The summed E-state index contributed by atoms with van der Waals surface area (Å²) in [6, 6.07) is 0.426. The van der Waals surface area contributed by atoms with Gasteiger partial charge in [-0.15, -0.1) is 0 Å². The third-order valence-electron chi connectivity index (χ3n) is 3.85. The summed E-state index contributed by atoms with van der Waals surface area (Å²) in [7, 11) is 0. The molecule has 1 aliphatic rings. The second-order valence-electron chi connectivity index (χ2n) is 5.51. The molecule has 4 heteroatoms. The molecule has 4 nitrogen and oxygen atoms in total. The van der Waals surface area contributed by atoms with Gasteiger partial charge in [-0.1, -0.05) is 33.1 Å². The van der Waals surface area contributed by atoms with E-state index < -0.39 is 0 Å². The highest BCUT2D eigenvalue weighted by molar-refractivity contribution is 5.78. The SMILES string of the molecule is CCCN(CC)CCNCC(=O)NC1CCCCC1. The number of amides is 1. The van der Waals surface area contributed by atoms with E-state index in [9.17, 15) is 4.79 Å². The molecule has 0 heterocycles. The Labute approximate surface area is 118 Å². The summed E-state index contributed by atoms with van der Waals surface area (Å²) in [6.07, 6.45) is 7.37. The fourth-order valence-corrected chi connectivity index (χ4v) is 2.71. The van der Waals surface area contributed by atoms with E-state index >= 15 is 0 Å². The van der Waals surface area contributed by atoms with Crippen LogP contribution >= 0.6 is 0 Å². The maximum Gasteiger partial charge on any atom is 0.234 e. The normalized spacial score (nSPS) is 16.8. The van der Waals surface area contributed by atoms with E-state index in [-0.39, 0.29) is 5.91 Å². The molecule has 19 heavy (non-hydrogen) atoms. The first-order chi connectivity index (χ1) is 9.26. The van der Waals surface area contributed by atoms with Gasteiger partial charge in [0.1, 0.15) is 0 Å². The molecular formula is C15H31N3O. The van der Waals surface area contributed by atoms with E-state index in [1.807, 2.05) is 0 Å². The van der Waals surface area contributed by atoms with Crippen LogP contribution in [0.4, 0.5) is 0 Å². The number of carbonyl (C=O) groups is 1. The highest BCUT2D eigenvalue weighted by Gasteiger charge is 2.15. The van der Waals surface area contributed by atoms with E-state index in [1.54, 1.807) is 0 Å². The van der Waals surface area contributed by atoms with Crippen molar-refractivity contribution in [1.29, 1.82) is 0 Å². The lowest BCUT2D eigenvalue weighted by Crippen LogP contribution is -2.42. The smallest absolute Gasteiger partial charge is 0.234 e. The Hall–Kier alpha value is -0.610. The highest BCUT2D eigenvalue weighted by atomic mass is 16.1. The number of hydrogen-bond acceptors (Lipinski definition) is 3. The average Bonchev–Trinajstić information content (AvgIpc) is 2.43. The third kappa shape index (κ3) is 7.53. The number of rotatable bonds is 9. The molecule has 0 spiro atoms. The lowest BCUT2D eigenvalue weighted by Gasteiger charge is -2.23. The molecule has 1 amide bonds. The number of nitrogens with one attached hydrogen (secondary N) is 2. The van der Waals surface area contributed by atoms with Gasteiger partial charge in [-0.2, -0.15) is 0 Å². The van der Waals surface area contributed by atoms with Gasteiger partial charge in [0.2, 0.25) is 5.91 Å². The van der Waals surface area contributed by atoms with Crippen molar-refractivity contribution in [2.24, 2.45) is 0 Å². The van der Waals surface area contributed by atoms with Gasteiger partial charge in [-0.25, -0.2) is 0 Å². The molecule has 0 aromatic rings. The molecule has 2 N–H and O–H groups in total. The van der Waals surface area contributed by atoms with Crippen molar-refractivity contribution in [3.63, 3.8) is 0 Å². The minimum atomic E-state index is 0.158. The number of hydrogen-bond donors (Lipinski definition) is 2. The predicted octanol–water partition coefficient (Wildman–Crippen LogP) is 1.76. The molecule has 0 bridgehead atoms. The Morgan fingerprint density at radius 3 is 2.53 bits per heavy atom. The Bertz CT molecular complexity index is 240. The summed E-state index contributed by atoms with van der Waals surface area (Å²) in [5, 5.41) is 6.38. The molecular weight excluding hydrogens is 238 g/mol. The van der Waals surface area contributed by atoms with Crippen LogP contribution in [-0.2, 0) is 4.79 Å². The molecule has 0 atom stereocenters. The van der Waals surface area contributed by atoms with Gasteiger partial charge in [0.25, 0.3) is 0 Å². The standard InChI is InChI=1S/C15H31N3O/c1-3-11-18(4-2)12-10-16-13-15(19)17-14-8-6-5-7-9-14/h14,16H,3-13H2,1-2H3,(H,17,19). The van der Waals surface area contributed by atoms with Crippen LogP contribution < -0.4 is 10.6 Å². The summed E-state index contributed by atoms with van der Waals surface area (Å²) in [4.78, 5) is 14.2. The van der Waals surface area contributed by atoms with Crippen LogP contribution in [-0.4, -0.2) is 49.6 Å². The van der Waals surface area contributed by atoms with Crippen LogP contribution in [0.25, 0.3) is 0 Å². The van der Waals surface area contributed by atoms with Crippen molar-refractivity contribution in [3.8, 4) is 0 Å². The Balaban J connectivity index is 2.03. The molecule has 112 valence electrons. The monoisotopic (exact) mass is 269 g/mol. The molecule has 0 unspecified atom stereocenters. The molecule has 0 saturated heterocycles. The predicted molar refractivity (Wildman–Crippen MR) is 80.3 cm³/mol. The highest BCUT2D eigenvalue weighted by Crippen LogP contribution is 2.16. The first-order valence-electron chi connectivity index (χ1n) is 7.98. The molecule has 1 rings (SSSR count). The van der Waals surface area contributed by atoms with Gasteiger partial charge >= 0.3 is 0 Å². The van der Waals surface area contributed by atoms with Crippen molar-refractivity contribution in [1.82, 2.24) is 15.5 Å². The quantitative estimate of drug-likeness (QED) is 0.627. The minimum absolute atomic E-state index is 0.158.